The van der Waals surface area contributed by atoms with Crippen molar-refractivity contribution in [1.29, 1.82) is 0 Å². The zero-order valence-electron chi connectivity index (χ0n) is 7.99. The van der Waals surface area contributed by atoms with Crippen LogP contribution in [0.1, 0.15) is 11.1 Å². The van der Waals surface area contributed by atoms with Crippen LogP contribution in [-0.4, -0.2) is 0 Å². The normalized spacial score (nSPS) is 9.21. The number of hydrogen-bond acceptors (Lipinski definition) is 3. The largest absolute Gasteiger partial charge is 0.398 e. The molecule has 0 heterocycles. The molecule has 0 aliphatic rings. The van der Waals surface area contributed by atoms with Crippen molar-refractivity contribution in [3.8, 4) is 0 Å². The van der Waals surface area contributed by atoms with Crippen LogP contribution in [0.5, 0.6) is 0 Å². The van der Waals surface area contributed by atoms with Gasteiger partial charge in [0.15, 0.2) is 0 Å². The van der Waals surface area contributed by atoms with Crippen molar-refractivity contribution in [2.45, 2.75) is 13.0 Å². The first-order chi connectivity index (χ1) is 6.19. The van der Waals surface area contributed by atoms with Crippen LogP contribution >= 0.6 is 12.4 Å². The minimum Gasteiger partial charge on any atom is -0.398 e. The molecule has 1 aromatic rings. The first-order valence-electron chi connectivity index (χ1n) is 4.16. The van der Waals surface area contributed by atoms with Gasteiger partial charge in [-0.1, -0.05) is 6.08 Å². The molecule has 6 N–H and O–H groups in total. The molecule has 0 saturated carbocycles. The molecule has 1 aromatic carbocycles. The lowest BCUT2D eigenvalue weighted by atomic mass is 10.0. The average Bonchev–Trinajstić information content (AvgIpc) is 2.04. The zero-order valence-corrected chi connectivity index (χ0v) is 8.81. The number of nitrogen functional groups attached to an aromatic ring is 2. The molecule has 78 valence electrons. The number of benzene rings is 1. The van der Waals surface area contributed by atoms with Crippen LogP contribution in [0.25, 0.3) is 0 Å². The van der Waals surface area contributed by atoms with Crippen LogP contribution in [-0.2, 0) is 13.0 Å². The Morgan fingerprint density at radius 2 is 1.71 bits per heavy atom. The molecule has 3 nitrogen and oxygen atoms in total. The van der Waals surface area contributed by atoms with Gasteiger partial charge in [0.1, 0.15) is 0 Å². The summed E-state index contributed by atoms with van der Waals surface area (Å²) in [5.41, 5.74) is 20.3. The van der Waals surface area contributed by atoms with Gasteiger partial charge in [-0.25, -0.2) is 0 Å². The highest BCUT2D eigenvalue weighted by Crippen LogP contribution is 2.21. The van der Waals surface area contributed by atoms with E-state index in [4.69, 9.17) is 17.2 Å². The Bertz CT molecular complexity index is 300. The van der Waals surface area contributed by atoms with Crippen molar-refractivity contribution in [3.05, 3.63) is 35.9 Å². The molecule has 14 heavy (non-hydrogen) atoms. The second-order valence-corrected chi connectivity index (χ2v) is 2.95. The molecule has 0 amide bonds. The lowest BCUT2D eigenvalue weighted by Gasteiger charge is -2.09. The molecule has 0 aliphatic heterocycles. The molecule has 0 unspecified atom stereocenters. The van der Waals surface area contributed by atoms with Crippen LogP contribution < -0.4 is 17.2 Å². The third-order valence-electron chi connectivity index (χ3n) is 1.96. The Labute approximate surface area is 90.4 Å². The van der Waals surface area contributed by atoms with Crippen LogP contribution in [0.4, 0.5) is 11.4 Å². The van der Waals surface area contributed by atoms with Gasteiger partial charge in [-0.3, -0.25) is 0 Å². The fourth-order valence-corrected chi connectivity index (χ4v) is 1.30. The quantitative estimate of drug-likeness (QED) is 0.526. The fourth-order valence-electron chi connectivity index (χ4n) is 1.30. The van der Waals surface area contributed by atoms with E-state index in [-0.39, 0.29) is 12.4 Å². The van der Waals surface area contributed by atoms with Gasteiger partial charge >= 0.3 is 0 Å². The van der Waals surface area contributed by atoms with Gasteiger partial charge in [0, 0.05) is 23.5 Å². The number of nitrogens with two attached hydrogens (primary N) is 3. The van der Waals surface area contributed by atoms with Crippen LogP contribution in [0.15, 0.2) is 24.8 Å². The van der Waals surface area contributed by atoms with Crippen molar-refractivity contribution < 1.29 is 0 Å². The molecule has 4 heteroatoms. The lowest BCUT2D eigenvalue weighted by Crippen LogP contribution is -2.06. The van der Waals surface area contributed by atoms with Crippen LogP contribution in [0.3, 0.4) is 0 Å². The maximum absolute atomic E-state index is 5.77. The molecule has 0 aliphatic carbocycles. The van der Waals surface area contributed by atoms with Gasteiger partial charge in [0.2, 0.25) is 0 Å². The third kappa shape index (κ3) is 2.65. The summed E-state index contributed by atoms with van der Waals surface area (Å²) in [6.45, 7) is 4.03. The smallest absolute Gasteiger partial charge is 0.0383 e. The van der Waals surface area contributed by atoms with E-state index in [1.54, 1.807) is 0 Å². The van der Waals surface area contributed by atoms with E-state index >= 15 is 0 Å². The summed E-state index contributed by atoms with van der Waals surface area (Å²) in [7, 11) is 0. The van der Waals surface area contributed by atoms with Crippen molar-refractivity contribution in [2.75, 3.05) is 11.5 Å². The molecular formula is C10H16ClN3. The summed E-state index contributed by atoms with van der Waals surface area (Å²) in [5, 5.41) is 0. The molecule has 0 bridgehead atoms. The summed E-state index contributed by atoms with van der Waals surface area (Å²) < 4.78 is 0. The lowest BCUT2D eigenvalue weighted by molar-refractivity contribution is 1.07. The van der Waals surface area contributed by atoms with E-state index < -0.39 is 0 Å². The minimum absolute atomic E-state index is 0. The first-order valence-corrected chi connectivity index (χ1v) is 4.16. The molecule has 1 rings (SSSR count). The minimum atomic E-state index is 0. The predicted octanol–water partition coefficient (Wildman–Crippen LogP) is 1.46. The topological polar surface area (TPSA) is 78.1 Å². The summed E-state index contributed by atoms with van der Waals surface area (Å²) in [4.78, 5) is 0. The van der Waals surface area contributed by atoms with E-state index in [2.05, 4.69) is 6.58 Å². The van der Waals surface area contributed by atoms with Gasteiger partial charge in [0.05, 0.1) is 0 Å². The second-order valence-electron chi connectivity index (χ2n) is 2.95. The van der Waals surface area contributed by atoms with E-state index in [9.17, 15) is 0 Å². The molecular weight excluding hydrogens is 198 g/mol. The molecule has 0 aromatic heterocycles. The molecule has 0 radical (unpaired) electrons. The van der Waals surface area contributed by atoms with E-state index in [0.29, 0.717) is 17.9 Å². The Kier molecular flexibility index (Phi) is 5.05. The maximum Gasteiger partial charge on any atom is 0.0383 e. The number of anilines is 2. The monoisotopic (exact) mass is 213 g/mol. The Hall–Kier alpha value is -1.19. The summed E-state index contributed by atoms with van der Waals surface area (Å²) in [6.07, 6.45) is 2.59. The fraction of sp³-hybridized carbons (Fsp3) is 0.200. The summed E-state index contributed by atoms with van der Waals surface area (Å²) in [5.74, 6) is 0. The van der Waals surface area contributed by atoms with E-state index in [1.807, 2.05) is 18.2 Å². The standard InChI is InChI=1S/C10H15N3.ClH/c1-2-3-7-4-9(12)8(6-11)10(13)5-7;/h2,4-5H,1,3,6,11-13H2;1H. The molecule has 0 fully saturated rings. The molecule has 0 atom stereocenters. The predicted molar refractivity (Wildman–Crippen MR) is 64.3 cm³/mol. The number of hydrogen-bond donors (Lipinski definition) is 3. The molecule has 0 saturated heterocycles. The maximum atomic E-state index is 5.77. The van der Waals surface area contributed by atoms with Gasteiger partial charge < -0.3 is 17.2 Å². The van der Waals surface area contributed by atoms with Crippen LogP contribution in [0, 0.1) is 0 Å². The van der Waals surface area contributed by atoms with E-state index in [0.717, 1.165) is 17.5 Å². The third-order valence-corrected chi connectivity index (χ3v) is 1.96. The average molecular weight is 214 g/mol. The second kappa shape index (κ2) is 5.52. The van der Waals surface area contributed by atoms with E-state index in [1.165, 1.54) is 0 Å². The number of rotatable bonds is 3. The van der Waals surface area contributed by atoms with Gasteiger partial charge in [0.25, 0.3) is 0 Å². The van der Waals surface area contributed by atoms with Crippen LogP contribution in [0.2, 0.25) is 0 Å². The van der Waals surface area contributed by atoms with Crippen molar-refractivity contribution >= 4 is 23.8 Å². The Balaban J connectivity index is 0.00000169. The highest BCUT2D eigenvalue weighted by Gasteiger charge is 2.03. The highest BCUT2D eigenvalue weighted by molar-refractivity contribution is 5.85. The number of halogens is 1. The van der Waals surface area contributed by atoms with Gasteiger partial charge in [-0.05, 0) is 24.1 Å². The highest BCUT2D eigenvalue weighted by atomic mass is 35.5. The molecule has 0 spiro atoms. The summed E-state index contributed by atoms with van der Waals surface area (Å²) in [6, 6.07) is 3.78. The van der Waals surface area contributed by atoms with Crippen molar-refractivity contribution in [1.82, 2.24) is 0 Å². The van der Waals surface area contributed by atoms with Gasteiger partial charge in [-0.15, -0.1) is 19.0 Å². The Morgan fingerprint density at radius 3 is 2.07 bits per heavy atom. The van der Waals surface area contributed by atoms with Crippen molar-refractivity contribution in [2.24, 2.45) is 5.73 Å². The zero-order chi connectivity index (χ0) is 9.84. The van der Waals surface area contributed by atoms with Gasteiger partial charge in [-0.2, -0.15) is 0 Å². The SMILES string of the molecule is C=CCc1cc(N)c(CN)c(N)c1.Cl. The first kappa shape index (κ1) is 12.8. The number of allylic oxidation sites excluding steroid dienone is 1. The van der Waals surface area contributed by atoms with Crippen molar-refractivity contribution in [3.63, 3.8) is 0 Å². The Morgan fingerprint density at radius 1 is 1.21 bits per heavy atom. The summed E-state index contributed by atoms with van der Waals surface area (Å²) >= 11 is 0.